The number of hydrogen-bond acceptors (Lipinski definition) is 2. The molecule has 0 radical (unpaired) electrons. The third-order valence-electron chi connectivity index (χ3n) is 3.72. The molecule has 1 saturated heterocycles. The van der Waals surface area contributed by atoms with Gasteiger partial charge in [0.2, 0.25) is 0 Å². The summed E-state index contributed by atoms with van der Waals surface area (Å²) < 4.78 is 1.98. The van der Waals surface area contributed by atoms with E-state index >= 15 is 0 Å². The first-order valence-electron chi connectivity index (χ1n) is 5.61. The van der Waals surface area contributed by atoms with Crippen molar-refractivity contribution in [3.05, 3.63) is 24.0 Å². The van der Waals surface area contributed by atoms with Crippen molar-refractivity contribution in [2.24, 2.45) is 18.9 Å². The van der Waals surface area contributed by atoms with Gasteiger partial charge in [-0.2, -0.15) is 5.10 Å². The zero-order valence-corrected chi connectivity index (χ0v) is 9.35. The molecule has 1 aliphatic heterocycles. The molecule has 0 spiro atoms. The second-order valence-corrected chi connectivity index (χ2v) is 4.88. The van der Waals surface area contributed by atoms with E-state index in [1.165, 1.54) is 30.8 Å². The minimum Gasteiger partial charge on any atom is -0.305 e. The molecule has 2 atom stereocenters. The SMILES string of the molecule is CN1CC2C=C(c3ccnn3C)CC2C1. The van der Waals surface area contributed by atoms with E-state index in [-0.39, 0.29) is 0 Å². The van der Waals surface area contributed by atoms with Crippen LogP contribution in [0.5, 0.6) is 0 Å². The summed E-state index contributed by atoms with van der Waals surface area (Å²) >= 11 is 0. The number of nitrogens with zero attached hydrogens (tertiary/aromatic N) is 3. The van der Waals surface area contributed by atoms with Crippen LogP contribution in [0.25, 0.3) is 5.57 Å². The van der Waals surface area contributed by atoms with Crippen LogP contribution in [0, 0.1) is 11.8 Å². The van der Waals surface area contributed by atoms with Crippen LogP contribution < -0.4 is 0 Å². The van der Waals surface area contributed by atoms with Crippen molar-refractivity contribution in [2.45, 2.75) is 6.42 Å². The Morgan fingerprint density at radius 2 is 2.20 bits per heavy atom. The second-order valence-electron chi connectivity index (χ2n) is 4.88. The van der Waals surface area contributed by atoms with E-state index in [2.05, 4.69) is 29.2 Å². The first-order chi connectivity index (χ1) is 7.24. The maximum atomic E-state index is 4.24. The molecule has 3 nitrogen and oxygen atoms in total. The summed E-state index contributed by atoms with van der Waals surface area (Å²) in [6.07, 6.45) is 5.58. The van der Waals surface area contributed by atoms with Gasteiger partial charge in [0, 0.05) is 26.3 Å². The number of hydrogen-bond donors (Lipinski definition) is 0. The highest BCUT2D eigenvalue weighted by atomic mass is 15.3. The summed E-state index contributed by atoms with van der Waals surface area (Å²) in [4.78, 5) is 2.44. The summed E-state index contributed by atoms with van der Waals surface area (Å²) in [5, 5.41) is 4.24. The first-order valence-corrected chi connectivity index (χ1v) is 5.61. The molecular weight excluding hydrogens is 186 g/mol. The molecule has 15 heavy (non-hydrogen) atoms. The van der Waals surface area contributed by atoms with E-state index in [0.717, 1.165) is 11.8 Å². The van der Waals surface area contributed by atoms with Gasteiger partial charge in [-0.3, -0.25) is 4.68 Å². The van der Waals surface area contributed by atoms with Crippen molar-refractivity contribution in [1.82, 2.24) is 14.7 Å². The molecule has 80 valence electrons. The molecule has 2 unspecified atom stereocenters. The van der Waals surface area contributed by atoms with Crippen molar-refractivity contribution in [2.75, 3.05) is 20.1 Å². The molecule has 0 saturated carbocycles. The second kappa shape index (κ2) is 3.20. The monoisotopic (exact) mass is 203 g/mol. The molecule has 3 heteroatoms. The van der Waals surface area contributed by atoms with Crippen LogP contribution >= 0.6 is 0 Å². The summed E-state index contributed by atoms with van der Waals surface area (Å²) in [5.74, 6) is 1.62. The lowest BCUT2D eigenvalue weighted by Crippen LogP contribution is -2.14. The minimum atomic E-state index is 0.778. The maximum absolute atomic E-state index is 4.24. The van der Waals surface area contributed by atoms with Crippen LogP contribution in [0.1, 0.15) is 12.1 Å². The van der Waals surface area contributed by atoms with Crippen molar-refractivity contribution in [3.8, 4) is 0 Å². The topological polar surface area (TPSA) is 21.1 Å². The van der Waals surface area contributed by atoms with E-state index < -0.39 is 0 Å². The smallest absolute Gasteiger partial charge is 0.0635 e. The molecule has 0 N–H and O–H groups in total. The van der Waals surface area contributed by atoms with Crippen LogP contribution in [0.4, 0.5) is 0 Å². The molecule has 1 aliphatic carbocycles. The number of rotatable bonds is 1. The minimum absolute atomic E-state index is 0.778. The molecule has 2 heterocycles. The zero-order valence-electron chi connectivity index (χ0n) is 9.35. The van der Waals surface area contributed by atoms with Crippen molar-refractivity contribution in [1.29, 1.82) is 0 Å². The largest absolute Gasteiger partial charge is 0.305 e. The predicted molar refractivity (Wildman–Crippen MR) is 60.3 cm³/mol. The van der Waals surface area contributed by atoms with E-state index in [4.69, 9.17) is 0 Å². The molecule has 0 bridgehead atoms. The summed E-state index contributed by atoms with van der Waals surface area (Å²) in [6, 6.07) is 2.12. The fraction of sp³-hybridized carbons (Fsp3) is 0.583. The number of allylic oxidation sites excluding steroid dienone is 1. The van der Waals surface area contributed by atoms with Gasteiger partial charge in [-0.25, -0.2) is 0 Å². The summed E-state index contributed by atoms with van der Waals surface area (Å²) in [5.41, 5.74) is 2.80. The van der Waals surface area contributed by atoms with Gasteiger partial charge in [-0.05, 0) is 36.9 Å². The molecule has 1 fully saturated rings. The van der Waals surface area contributed by atoms with E-state index in [0.29, 0.717) is 0 Å². The molecule has 2 aliphatic rings. The van der Waals surface area contributed by atoms with Crippen LogP contribution in [-0.4, -0.2) is 34.8 Å². The van der Waals surface area contributed by atoms with E-state index in [1.54, 1.807) is 0 Å². The Labute approximate surface area is 90.4 Å². The number of aryl methyl sites for hydroxylation is 1. The lowest BCUT2D eigenvalue weighted by molar-refractivity contribution is 0.395. The fourth-order valence-electron chi connectivity index (χ4n) is 3.01. The highest BCUT2D eigenvalue weighted by Gasteiger charge is 2.35. The van der Waals surface area contributed by atoms with Crippen molar-refractivity contribution < 1.29 is 0 Å². The molecule has 0 aromatic carbocycles. The zero-order chi connectivity index (χ0) is 10.4. The van der Waals surface area contributed by atoms with Gasteiger partial charge in [0.15, 0.2) is 0 Å². The number of fused-ring (bicyclic) bond motifs is 1. The quantitative estimate of drug-likeness (QED) is 0.687. The van der Waals surface area contributed by atoms with Gasteiger partial charge >= 0.3 is 0 Å². The van der Waals surface area contributed by atoms with Crippen LogP contribution in [-0.2, 0) is 7.05 Å². The average molecular weight is 203 g/mol. The number of aromatic nitrogens is 2. The molecular formula is C12H17N3. The predicted octanol–water partition coefficient (Wildman–Crippen LogP) is 1.39. The Kier molecular flexibility index (Phi) is 1.96. The standard InChI is InChI=1S/C12H17N3/c1-14-7-10-5-9(6-11(10)8-14)12-3-4-13-15(12)2/h3-5,10-11H,6-8H2,1-2H3. The van der Waals surface area contributed by atoms with Crippen LogP contribution in [0.2, 0.25) is 0 Å². The van der Waals surface area contributed by atoms with Gasteiger partial charge in [-0.15, -0.1) is 0 Å². The Morgan fingerprint density at radius 3 is 2.87 bits per heavy atom. The number of likely N-dealkylation sites (tertiary alicyclic amines) is 1. The van der Waals surface area contributed by atoms with Gasteiger partial charge in [-0.1, -0.05) is 6.08 Å². The lowest BCUT2D eigenvalue weighted by atomic mass is 9.99. The normalized spacial score (nSPS) is 30.7. The van der Waals surface area contributed by atoms with Gasteiger partial charge in [0.1, 0.15) is 0 Å². The first kappa shape index (κ1) is 9.16. The van der Waals surface area contributed by atoms with Gasteiger partial charge < -0.3 is 4.90 Å². The Morgan fingerprint density at radius 1 is 1.33 bits per heavy atom. The van der Waals surface area contributed by atoms with E-state index in [1.807, 2.05) is 17.9 Å². The van der Waals surface area contributed by atoms with Crippen LogP contribution in [0.15, 0.2) is 18.3 Å². The average Bonchev–Trinajstić information content (AvgIpc) is 2.78. The summed E-state index contributed by atoms with van der Waals surface area (Å²) in [7, 11) is 4.24. The third-order valence-corrected chi connectivity index (χ3v) is 3.72. The van der Waals surface area contributed by atoms with Crippen molar-refractivity contribution >= 4 is 5.57 Å². The van der Waals surface area contributed by atoms with E-state index in [9.17, 15) is 0 Å². The van der Waals surface area contributed by atoms with Crippen LogP contribution in [0.3, 0.4) is 0 Å². The maximum Gasteiger partial charge on any atom is 0.0635 e. The fourth-order valence-corrected chi connectivity index (χ4v) is 3.01. The Balaban J connectivity index is 1.87. The Hall–Kier alpha value is -1.09. The molecule has 1 aromatic heterocycles. The highest BCUT2D eigenvalue weighted by molar-refractivity contribution is 5.65. The third kappa shape index (κ3) is 1.42. The molecule has 1 aromatic rings. The van der Waals surface area contributed by atoms with Gasteiger partial charge in [0.25, 0.3) is 0 Å². The van der Waals surface area contributed by atoms with Crippen molar-refractivity contribution in [3.63, 3.8) is 0 Å². The molecule has 0 amide bonds. The van der Waals surface area contributed by atoms with Gasteiger partial charge in [0.05, 0.1) is 5.69 Å². The Bertz CT molecular complexity index is 405. The molecule has 3 rings (SSSR count). The highest BCUT2D eigenvalue weighted by Crippen LogP contribution is 2.40. The summed E-state index contributed by atoms with van der Waals surface area (Å²) in [6.45, 7) is 2.48. The lowest BCUT2D eigenvalue weighted by Gasteiger charge is -2.09.